The van der Waals surface area contributed by atoms with E-state index >= 15 is 0 Å². The van der Waals surface area contributed by atoms with Gasteiger partial charge in [0.1, 0.15) is 29.8 Å². The van der Waals surface area contributed by atoms with Crippen molar-refractivity contribution in [3.63, 3.8) is 0 Å². The fourth-order valence-electron chi connectivity index (χ4n) is 2.81. The highest BCUT2D eigenvalue weighted by molar-refractivity contribution is 9.10. The van der Waals surface area contributed by atoms with E-state index in [0.717, 1.165) is 18.2 Å². The van der Waals surface area contributed by atoms with Crippen molar-refractivity contribution in [3.8, 4) is 11.8 Å². The van der Waals surface area contributed by atoms with Crippen molar-refractivity contribution in [1.82, 2.24) is 0 Å². The van der Waals surface area contributed by atoms with Crippen molar-refractivity contribution in [3.05, 3.63) is 99.3 Å². The normalized spacial score (nSPS) is 11.6. The summed E-state index contributed by atoms with van der Waals surface area (Å²) in [6.45, 7) is -0.0898. The molecule has 4 nitrogen and oxygen atoms in total. The minimum atomic E-state index is -4.57. The molecule has 3 aromatic rings. The largest absolute Gasteiger partial charge is 0.488 e. The van der Waals surface area contributed by atoms with Crippen LogP contribution in [0.25, 0.3) is 6.08 Å². The van der Waals surface area contributed by atoms with Crippen molar-refractivity contribution in [2.45, 2.75) is 12.8 Å². The SMILES string of the molecule is N#C/C(=C\c1cc(Br)ccc1OCc1ccccc1F)C(=O)Nc1cccc(C(F)(F)F)c1. The van der Waals surface area contributed by atoms with Gasteiger partial charge in [-0.3, -0.25) is 4.79 Å². The molecule has 0 heterocycles. The van der Waals surface area contributed by atoms with Crippen LogP contribution in [0.2, 0.25) is 0 Å². The molecule has 0 bridgehead atoms. The van der Waals surface area contributed by atoms with Gasteiger partial charge in [0.15, 0.2) is 0 Å². The number of hydrogen-bond acceptors (Lipinski definition) is 3. The lowest BCUT2D eigenvalue weighted by Gasteiger charge is -2.12. The molecular weight excluding hydrogens is 504 g/mol. The van der Waals surface area contributed by atoms with Crippen LogP contribution in [0.3, 0.4) is 0 Å². The Bertz CT molecular complexity index is 1250. The van der Waals surface area contributed by atoms with Crippen molar-refractivity contribution in [2.24, 2.45) is 0 Å². The van der Waals surface area contributed by atoms with Gasteiger partial charge in [0.25, 0.3) is 5.91 Å². The minimum Gasteiger partial charge on any atom is -0.488 e. The van der Waals surface area contributed by atoms with E-state index in [1.54, 1.807) is 42.5 Å². The molecule has 0 aliphatic carbocycles. The molecule has 1 amide bonds. The van der Waals surface area contributed by atoms with Crippen LogP contribution in [0.1, 0.15) is 16.7 Å². The molecule has 0 spiro atoms. The van der Waals surface area contributed by atoms with Crippen LogP contribution in [0.4, 0.5) is 23.2 Å². The number of rotatable bonds is 6. The Morgan fingerprint density at radius 1 is 1.09 bits per heavy atom. The maximum absolute atomic E-state index is 13.9. The van der Waals surface area contributed by atoms with Crippen LogP contribution in [-0.2, 0) is 17.6 Å². The van der Waals surface area contributed by atoms with E-state index in [0.29, 0.717) is 15.6 Å². The molecular formula is C24H15BrF4N2O2. The summed E-state index contributed by atoms with van der Waals surface area (Å²) in [6, 6.07) is 16.7. The van der Waals surface area contributed by atoms with Crippen molar-refractivity contribution in [2.75, 3.05) is 5.32 Å². The van der Waals surface area contributed by atoms with Gasteiger partial charge < -0.3 is 10.1 Å². The Kier molecular flexibility index (Phi) is 7.51. The summed E-state index contributed by atoms with van der Waals surface area (Å²) >= 11 is 3.30. The average molecular weight is 519 g/mol. The number of carbonyl (C=O) groups is 1. The van der Waals surface area contributed by atoms with Crippen LogP contribution in [-0.4, -0.2) is 5.91 Å². The number of nitriles is 1. The van der Waals surface area contributed by atoms with Crippen LogP contribution in [0.5, 0.6) is 5.75 Å². The second-order valence-corrected chi connectivity index (χ2v) is 7.68. The van der Waals surface area contributed by atoms with E-state index in [9.17, 15) is 27.6 Å². The van der Waals surface area contributed by atoms with Gasteiger partial charge in [-0.05, 0) is 48.5 Å². The highest BCUT2D eigenvalue weighted by Crippen LogP contribution is 2.31. The Hall–Kier alpha value is -3.64. The van der Waals surface area contributed by atoms with Gasteiger partial charge in [0.05, 0.1) is 5.56 Å². The van der Waals surface area contributed by atoms with Crippen molar-refractivity contribution >= 4 is 33.6 Å². The highest BCUT2D eigenvalue weighted by atomic mass is 79.9. The number of halogens is 5. The molecule has 0 unspecified atom stereocenters. The lowest BCUT2D eigenvalue weighted by molar-refractivity contribution is -0.137. The van der Waals surface area contributed by atoms with Crippen LogP contribution in [0.15, 0.2) is 76.8 Å². The molecule has 0 aliphatic heterocycles. The van der Waals surface area contributed by atoms with Gasteiger partial charge in [-0.25, -0.2) is 4.39 Å². The summed E-state index contributed by atoms with van der Waals surface area (Å²) in [7, 11) is 0. The zero-order chi connectivity index (χ0) is 24.0. The van der Waals surface area contributed by atoms with Gasteiger partial charge in [0.2, 0.25) is 0 Å². The number of hydrogen-bond donors (Lipinski definition) is 1. The van der Waals surface area contributed by atoms with Crippen LogP contribution >= 0.6 is 15.9 Å². The molecule has 0 radical (unpaired) electrons. The molecule has 0 saturated carbocycles. The maximum atomic E-state index is 13.9. The number of ether oxygens (including phenoxy) is 1. The summed E-state index contributed by atoms with van der Waals surface area (Å²) in [5, 5.41) is 11.8. The van der Waals surface area contributed by atoms with E-state index in [2.05, 4.69) is 21.2 Å². The quantitative estimate of drug-likeness (QED) is 0.223. The number of nitrogens with zero attached hydrogens (tertiary/aromatic N) is 1. The maximum Gasteiger partial charge on any atom is 0.416 e. The Morgan fingerprint density at radius 3 is 2.55 bits per heavy atom. The molecule has 0 saturated heterocycles. The number of benzene rings is 3. The summed E-state index contributed by atoms with van der Waals surface area (Å²) < 4.78 is 58.9. The fourth-order valence-corrected chi connectivity index (χ4v) is 3.19. The first-order valence-electron chi connectivity index (χ1n) is 9.43. The van der Waals surface area contributed by atoms with Gasteiger partial charge in [0, 0.05) is 21.3 Å². The topological polar surface area (TPSA) is 62.1 Å². The zero-order valence-corrected chi connectivity index (χ0v) is 18.4. The number of carbonyl (C=O) groups excluding carboxylic acids is 1. The third-order valence-electron chi connectivity index (χ3n) is 4.43. The molecule has 3 aromatic carbocycles. The molecule has 3 rings (SSSR count). The fraction of sp³-hybridized carbons (Fsp3) is 0.0833. The van der Waals surface area contributed by atoms with Crippen LogP contribution < -0.4 is 10.1 Å². The third kappa shape index (κ3) is 6.43. The highest BCUT2D eigenvalue weighted by Gasteiger charge is 2.30. The van der Waals surface area contributed by atoms with E-state index in [-0.39, 0.29) is 23.6 Å². The monoisotopic (exact) mass is 518 g/mol. The predicted molar refractivity (Wildman–Crippen MR) is 119 cm³/mol. The van der Waals surface area contributed by atoms with E-state index < -0.39 is 23.5 Å². The summed E-state index contributed by atoms with van der Waals surface area (Å²) in [4.78, 5) is 12.5. The number of anilines is 1. The second-order valence-electron chi connectivity index (χ2n) is 6.76. The number of alkyl halides is 3. The molecule has 33 heavy (non-hydrogen) atoms. The standard InChI is InChI=1S/C24H15BrF4N2O2/c25-19-8-9-22(33-14-15-4-1-2-7-21(15)26)16(11-19)10-17(13-30)23(32)31-20-6-3-5-18(12-20)24(27,28)29/h1-12H,14H2,(H,31,32)/b17-10+. The third-order valence-corrected chi connectivity index (χ3v) is 4.92. The Labute approximate surface area is 195 Å². The van der Waals surface area contributed by atoms with Gasteiger partial charge in [-0.2, -0.15) is 18.4 Å². The van der Waals surface area contributed by atoms with E-state index in [1.807, 2.05) is 0 Å². The van der Waals surface area contributed by atoms with Crippen molar-refractivity contribution in [1.29, 1.82) is 5.26 Å². The molecule has 0 aromatic heterocycles. The lowest BCUT2D eigenvalue weighted by atomic mass is 10.1. The Balaban J connectivity index is 1.84. The molecule has 0 aliphatic rings. The van der Waals surface area contributed by atoms with E-state index in [4.69, 9.17) is 4.74 Å². The number of nitrogens with one attached hydrogen (secondary N) is 1. The Morgan fingerprint density at radius 2 is 1.85 bits per heavy atom. The number of amides is 1. The zero-order valence-electron chi connectivity index (χ0n) is 16.8. The molecule has 168 valence electrons. The second kappa shape index (κ2) is 10.3. The van der Waals surface area contributed by atoms with Gasteiger partial charge in [-0.1, -0.05) is 40.2 Å². The summed E-state index contributed by atoms with van der Waals surface area (Å²) in [6.07, 6.45) is -3.33. The predicted octanol–water partition coefficient (Wildman–Crippen LogP) is 6.73. The molecule has 0 atom stereocenters. The lowest BCUT2D eigenvalue weighted by Crippen LogP contribution is -2.14. The summed E-state index contributed by atoms with van der Waals surface area (Å²) in [5.41, 5.74) is -0.740. The first-order chi connectivity index (χ1) is 15.7. The first kappa shape index (κ1) is 24.0. The van der Waals surface area contributed by atoms with Gasteiger partial charge in [-0.15, -0.1) is 0 Å². The minimum absolute atomic E-state index is 0.0898. The molecule has 1 N–H and O–H groups in total. The van der Waals surface area contributed by atoms with Crippen molar-refractivity contribution < 1.29 is 27.1 Å². The first-order valence-corrected chi connectivity index (χ1v) is 10.2. The van der Waals surface area contributed by atoms with Gasteiger partial charge >= 0.3 is 6.18 Å². The molecule has 9 heteroatoms. The summed E-state index contributed by atoms with van der Waals surface area (Å²) in [5.74, 6) is -1.05. The van der Waals surface area contributed by atoms with Crippen LogP contribution in [0, 0.1) is 17.1 Å². The van der Waals surface area contributed by atoms with E-state index in [1.165, 1.54) is 18.2 Å². The molecule has 0 fully saturated rings. The average Bonchev–Trinajstić information content (AvgIpc) is 2.77. The smallest absolute Gasteiger partial charge is 0.416 e.